The smallest absolute Gasteiger partial charge is 0.0561 e. The minimum absolute atomic E-state index is 1.11. The fraction of sp³-hybridized carbons (Fsp3) is 0.0370. The molecule has 272 valence electrons. The Morgan fingerprint density at radius 2 is 0.754 bits per heavy atom. The Morgan fingerprint density at radius 3 is 1.25 bits per heavy atom. The van der Waals surface area contributed by atoms with Crippen molar-refractivity contribution in [2.45, 2.75) is 13.8 Å². The van der Waals surface area contributed by atoms with Crippen LogP contribution in [-0.4, -0.2) is 0 Å². The molecule has 0 saturated heterocycles. The highest BCUT2D eigenvalue weighted by Gasteiger charge is 2.24. The molecule has 0 unspecified atom stereocenters. The number of fused-ring (bicyclic) bond motifs is 3. The monoisotopic (exact) mass is 748 g/mol. The number of hydrogen-bond acceptors (Lipinski definition) is 3. The second kappa shape index (κ2) is 14.6. The predicted molar refractivity (Wildman–Crippen MR) is 249 cm³/mol. The van der Waals surface area contributed by atoms with Crippen LogP contribution in [0.1, 0.15) is 13.8 Å². The first-order chi connectivity index (χ1) is 28.3. The highest BCUT2D eigenvalue weighted by molar-refractivity contribution is 7.25. The van der Waals surface area contributed by atoms with Gasteiger partial charge in [-0.3, -0.25) is 0 Å². The maximum Gasteiger partial charge on any atom is 0.0561 e. The van der Waals surface area contributed by atoms with E-state index >= 15 is 0 Å². The van der Waals surface area contributed by atoms with E-state index in [4.69, 9.17) is 0 Å². The van der Waals surface area contributed by atoms with Gasteiger partial charge in [-0.2, -0.15) is 0 Å². The SMILES string of the molecule is CC.c1ccc(N(c2ccccc2)c2cc(N(c3ccccc3)c3ccccc3)c3ccc4cc(-c5ccc6sc7ccccc7c6c5)cc5ccc2c3c54)cc1. The van der Waals surface area contributed by atoms with Gasteiger partial charge in [0.25, 0.3) is 0 Å². The third-order valence-electron chi connectivity index (χ3n) is 10.9. The van der Waals surface area contributed by atoms with Crippen molar-refractivity contribution in [3.63, 3.8) is 0 Å². The average Bonchev–Trinajstić information content (AvgIpc) is 3.66. The molecule has 0 atom stereocenters. The van der Waals surface area contributed by atoms with Crippen LogP contribution in [0.3, 0.4) is 0 Å². The van der Waals surface area contributed by atoms with Crippen LogP contribution in [-0.2, 0) is 0 Å². The summed E-state index contributed by atoms with van der Waals surface area (Å²) in [5.74, 6) is 0. The Balaban J connectivity index is 0.00000195. The van der Waals surface area contributed by atoms with E-state index in [1.54, 1.807) is 0 Å². The summed E-state index contributed by atoms with van der Waals surface area (Å²) in [6.07, 6.45) is 0. The Morgan fingerprint density at radius 1 is 0.316 bits per heavy atom. The molecule has 0 N–H and O–H groups in total. The van der Waals surface area contributed by atoms with Crippen LogP contribution < -0.4 is 9.80 Å². The second-order valence-corrected chi connectivity index (χ2v) is 15.2. The molecule has 0 fully saturated rings. The molecule has 0 aliphatic rings. The summed E-state index contributed by atoms with van der Waals surface area (Å²) in [6, 6.07) is 75.2. The Labute approximate surface area is 337 Å². The molecule has 0 amide bonds. The Kier molecular flexibility index (Phi) is 8.86. The molecule has 11 rings (SSSR count). The Bertz CT molecular complexity index is 2910. The molecule has 0 aliphatic heterocycles. The zero-order valence-electron chi connectivity index (χ0n) is 31.9. The van der Waals surface area contributed by atoms with Gasteiger partial charge in [0.2, 0.25) is 0 Å². The van der Waals surface area contributed by atoms with E-state index in [-0.39, 0.29) is 0 Å². The summed E-state index contributed by atoms with van der Waals surface area (Å²) in [5, 5.41) is 10.1. The van der Waals surface area contributed by atoms with Crippen molar-refractivity contribution in [3.8, 4) is 11.1 Å². The third kappa shape index (κ3) is 5.96. The lowest BCUT2D eigenvalue weighted by Crippen LogP contribution is -2.14. The first-order valence-corrected chi connectivity index (χ1v) is 20.6. The number of nitrogens with zero attached hydrogens (tertiary/aromatic N) is 2. The lowest BCUT2D eigenvalue weighted by atomic mass is 9.89. The van der Waals surface area contributed by atoms with Crippen LogP contribution in [0.2, 0.25) is 0 Å². The summed E-state index contributed by atoms with van der Waals surface area (Å²) < 4.78 is 2.65. The van der Waals surface area contributed by atoms with Crippen LogP contribution in [0, 0.1) is 0 Å². The summed E-state index contributed by atoms with van der Waals surface area (Å²) in [7, 11) is 0. The first-order valence-electron chi connectivity index (χ1n) is 19.8. The van der Waals surface area contributed by atoms with E-state index in [1.165, 1.54) is 63.6 Å². The van der Waals surface area contributed by atoms with Gasteiger partial charge < -0.3 is 9.80 Å². The van der Waals surface area contributed by atoms with Crippen LogP contribution in [0.25, 0.3) is 63.6 Å². The molecule has 0 spiro atoms. The van der Waals surface area contributed by atoms with Crippen molar-refractivity contribution in [1.29, 1.82) is 0 Å². The van der Waals surface area contributed by atoms with E-state index in [0.29, 0.717) is 0 Å². The van der Waals surface area contributed by atoms with Gasteiger partial charge in [0.05, 0.1) is 11.4 Å². The minimum atomic E-state index is 1.11. The summed E-state index contributed by atoms with van der Waals surface area (Å²) in [6.45, 7) is 4.00. The Hall–Kier alpha value is -6.94. The van der Waals surface area contributed by atoms with Gasteiger partial charge in [0, 0.05) is 59.1 Å². The lowest BCUT2D eigenvalue weighted by Gasteiger charge is -2.32. The topological polar surface area (TPSA) is 6.48 Å². The maximum absolute atomic E-state index is 2.41. The van der Waals surface area contributed by atoms with E-state index < -0.39 is 0 Å². The molecular formula is C54H40N2S. The fourth-order valence-corrected chi connectivity index (χ4v) is 9.57. The largest absolute Gasteiger partial charge is 0.310 e. The molecule has 0 radical (unpaired) electrons. The molecule has 10 aromatic carbocycles. The number of thiophene rings is 1. The van der Waals surface area contributed by atoms with Gasteiger partial charge in [-0.1, -0.05) is 135 Å². The van der Waals surface area contributed by atoms with Crippen LogP contribution in [0.4, 0.5) is 34.1 Å². The molecule has 1 heterocycles. The van der Waals surface area contributed by atoms with Crippen molar-refractivity contribution in [2.75, 3.05) is 9.80 Å². The zero-order valence-corrected chi connectivity index (χ0v) is 32.7. The van der Waals surface area contributed by atoms with Crippen molar-refractivity contribution in [1.82, 2.24) is 0 Å². The average molecular weight is 749 g/mol. The van der Waals surface area contributed by atoms with E-state index in [2.05, 4.69) is 216 Å². The van der Waals surface area contributed by atoms with Gasteiger partial charge in [0.15, 0.2) is 0 Å². The van der Waals surface area contributed by atoms with Crippen molar-refractivity contribution in [3.05, 3.63) is 206 Å². The molecule has 1 aromatic heterocycles. The van der Waals surface area contributed by atoms with E-state index in [1.807, 2.05) is 25.2 Å². The van der Waals surface area contributed by atoms with Gasteiger partial charge >= 0.3 is 0 Å². The zero-order chi connectivity index (χ0) is 38.3. The van der Waals surface area contributed by atoms with E-state index in [9.17, 15) is 0 Å². The summed E-state index contributed by atoms with van der Waals surface area (Å²) in [4.78, 5) is 4.82. The third-order valence-corrected chi connectivity index (χ3v) is 12.1. The van der Waals surface area contributed by atoms with Crippen molar-refractivity contribution < 1.29 is 0 Å². The van der Waals surface area contributed by atoms with Crippen molar-refractivity contribution in [2.24, 2.45) is 0 Å². The van der Waals surface area contributed by atoms with Crippen LogP contribution in [0.15, 0.2) is 206 Å². The molecule has 11 aromatic rings. The lowest BCUT2D eigenvalue weighted by molar-refractivity contribution is 1.27. The van der Waals surface area contributed by atoms with Gasteiger partial charge in [0.1, 0.15) is 0 Å². The highest BCUT2D eigenvalue weighted by Crippen LogP contribution is 2.50. The van der Waals surface area contributed by atoms with Gasteiger partial charge in [-0.15, -0.1) is 11.3 Å². The maximum atomic E-state index is 2.41. The molecule has 0 bridgehead atoms. The second-order valence-electron chi connectivity index (χ2n) is 14.1. The van der Waals surface area contributed by atoms with Crippen molar-refractivity contribution >= 4 is 98.0 Å². The first kappa shape index (κ1) is 34.5. The van der Waals surface area contributed by atoms with E-state index in [0.717, 1.165) is 34.1 Å². The van der Waals surface area contributed by atoms with Gasteiger partial charge in [-0.05, 0) is 112 Å². The predicted octanol–water partition coefficient (Wildman–Crippen LogP) is 16.6. The van der Waals surface area contributed by atoms with Gasteiger partial charge in [-0.25, -0.2) is 0 Å². The molecule has 2 nitrogen and oxygen atoms in total. The molecular weight excluding hydrogens is 709 g/mol. The quantitative estimate of drug-likeness (QED) is 0.150. The van der Waals surface area contributed by atoms with Crippen LogP contribution >= 0.6 is 11.3 Å². The highest BCUT2D eigenvalue weighted by atomic mass is 32.1. The molecule has 57 heavy (non-hydrogen) atoms. The minimum Gasteiger partial charge on any atom is -0.310 e. The number of rotatable bonds is 7. The number of para-hydroxylation sites is 4. The standard InChI is InChI=1S/C52H34N2S.C2H6/c1-5-15-39(16-6-1)53(40-17-7-2-8-18-40)47-34-48(54(41-19-9-3-10-20-41)42-21-11-4-12-22-42)45-29-26-37-32-38(31-36-25-28-44(47)52(45)51(36)37)35-27-30-50-46(33-35)43-23-13-14-24-49(43)55-50;1-2/h1-34H;1-2H3. The number of benzene rings is 10. The summed E-state index contributed by atoms with van der Waals surface area (Å²) in [5.41, 5.74) is 9.17. The van der Waals surface area contributed by atoms with Crippen LogP contribution in [0.5, 0.6) is 0 Å². The summed E-state index contributed by atoms with van der Waals surface area (Å²) >= 11 is 1.87. The fourth-order valence-electron chi connectivity index (χ4n) is 8.48. The molecule has 0 aliphatic carbocycles. The molecule has 3 heteroatoms. The number of hydrogen-bond donors (Lipinski definition) is 0. The molecule has 0 saturated carbocycles. The normalized spacial score (nSPS) is 11.3. The number of anilines is 6.